The lowest BCUT2D eigenvalue weighted by molar-refractivity contribution is -0.142. The van der Waals surface area contributed by atoms with Gasteiger partial charge in [-0.3, -0.25) is 24.2 Å². The summed E-state index contributed by atoms with van der Waals surface area (Å²) < 4.78 is 0. The van der Waals surface area contributed by atoms with Crippen molar-refractivity contribution in [2.45, 2.75) is 25.3 Å². The van der Waals surface area contributed by atoms with Crippen LogP contribution in [0, 0.1) is 0 Å². The Bertz CT molecular complexity index is 553. The number of carbonyl (C=O) groups is 3. The van der Waals surface area contributed by atoms with Crippen molar-refractivity contribution in [3.63, 3.8) is 0 Å². The number of nitrogens with one attached hydrogen (secondary N) is 1. The third-order valence-corrected chi connectivity index (χ3v) is 4.91. The molecule has 0 aliphatic carbocycles. The Morgan fingerprint density at radius 3 is 2.55 bits per heavy atom. The summed E-state index contributed by atoms with van der Waals surface area (Å²) in [5.74, 6) is -0.779. The normalized spacial score (nSPS) is 20.1. The summed E-state index contributed by atoms with van der Waals surface area (Å²) in [6.45, 7) is 2.43. The highest BCUT2D eigenvalue weighted by molar-refractivity contribution is 7.07. The summed E-state index contributed by atoms with van der Waals surface area (Å²) in [6, 6.07) is 2.25. The number of hydrogen-bond acceptors (Lipinski definition) is 5. The van der Waals surface area contributed by atoms with E-state index < -0.39 is 0 Å². The van der Waals surface area contributed by atoms with E-state index >= 15 is 0 Å². The van der Waals surface area contributed by atoms with E-state index in [1.807, 2.05) is 5.38 Å². The number of rotatable bonds is 6. The van der Waals surface area contributed by atoms with Crippen molar-refractivity contribution in [3.05, 3.63) is 22.4 Å². The topological polar surface area (TPSA) is 69.7 Å². The van der Waals surface area contributed by atoms with Crippen LogP contribution in [0.15, 0.2) is 16.8 Å². The first-order chi connectivity index (χ1) is 10.6. The second kappa shape index (κ2) is 6.58. The molecule has 0 spiro atoms. The molecule has 1 aromatic heterocycles. The first-order valence-corrected chi connectivity index (χ1v) is 8.45. The average Bonchev–Trinajstić information content (AvgIpc) is 3.06. The van der Waals surface area contributed by atoms with Crippen molar-refractivity contribution in [2.24, 2.45) is 0 Å². The van der Waals surface area contributed by atoms with E-state index in [2.05, 4.69) is 21.7 Å². The van der Waals surface area contributed by atoms with Gasteiger partial charge >= 0.3 is 0 Å². The Labute approximate surface area is 133 Å². The van der Waals surface area contributed by atoms with Crippen LogP contribution in [-0.4, -0.2) is 53.7 Å². The van der Waals surface area contributed by atoms with Gasteiger partial charge in [0.05, 0.1) is 6.04 Å². The number of nitrogens with zero attached hydrogens (tertiary/aromatic N) is 2. The monoisotopic (exact) mass is 321 g/mol. The summed E-state index contributed by atoms with van der Waals surface area (Å²) in [7, 11) is 0. The molecule has 1 aromatic rings. The SMILES string of the molecule is O=C(CN1C(=O)CCC1=O)NCC(c1ccsc1)N1CCC1. The number of thiophene rings is 1. The molecule has 1 unspecified atom stereocenters. The fourth-order valence-corrected chi connectivity index (χ4v) is 3.49. The minimum absolute atomic E-state index is 0.159. The van der Waals surface area contributed by atoms with E-state index in [1.54, 1.807) is 11.3 Å². The van der Waals surface area contributed by atoms with Gasteiger partial charge < -0.3 is 5.32 Å². The first kappa shape index (κ1) is 15.2. The van der Waals surface area contributed by atoms with Gasteiger partial charge in [0.2, 0.25) is 17.7 Å². The van der Waals surface area contributed by atoms with Crippen molar-refractivity contribution in [2.75, 3.05) is 26.2 Å². The molecule has 0 saturated carbocycles. The van der Waals surface area contributed by atoms with Crippen molar-refractivity contribution in [1.29, 1.82) is 0 Å². The summed E-state index contributed by atoms with van der Waals surface area (Å²) in [4.78, 5) is 38.5. The minimum atomic E-state index is -0.274. The summed E-state index contributed by atoms with van der Waals surface area (Å²) in [5.41, 5.74) is 1.21. The number of likely N-dealkylation sites (tertiary alicyclic amines) is 2. The summed E-state index contributed by atoms with van der Waals surface area (Å²) in [5, 5.41) is 7.00. The molecule has 3 heterocycles. The maximum atomic E-state index is 12.0. The standard InChI is InChI=1S/C15H19N3O3S/c19-13(9-18-14(20)2-3-15(18)21)16-8-12(17-5-1-6-17)11-4-7-22-10-11/h4,7,10,12H,1-3,5-6,8-9H2,(H,16,19). The van der Waals surface area contributed by atoms with Gasteiger partial charge in [-0.1, -0.05) is 0 Å². The third-order valence-electron chi connectivity index (χ3n) is 4.21. The summed E-state index contributed by atoms with van der Waals surface area (Å²) >= 11 is 1.64. The molecule has 2 aliphatic heterocycles. The quantitative estimate of drug-likeness (QED) is 0.786. The molecule has 0 aromatic carbocycles. The van der Waals surface area contributed by atoms with Gasteiger partial charge in [0, 0.05) is 32.5 Å². The lowest BCUT2D eigenvalue weighted by Crippen LogP contribution is -2.47. The molecule has 3 rings (SSSR count). The van der Waals surface area contributed by atoms with Gasteiger partial charge in [0.15, 0.2) is 0 Å². The van der Waals surface area contributed by atoms with Crippen LogP contribution in [0.1, 0.15) is 30.9 Å². The molecule has 0 bridgehead atoms. The van der Waals surface area contributed by atoms with Gasteiger partial charge in [-0.15, -0.1) is 0 Å². The van der Waals surface area contributed by atoms with Crippen molar-refractivity contribution in [1.82, 2.24) is 15.1 Å². The molecule has 0 radical (unpaired) electrons. The minimum Gasteiger partial charge on any atom is -0.353 e. The molecule has 2 aliphatic rings. The van der Waals surface area contributed by atoms with Gasteiger partial charge in [-0.25, -0.2) is 0 Å². The molecule has 2 saturated heterocycles. The maximum Gasteiger partial charge on any atom is 0.240 e. The molecule has 6 nitrogen and oxygen atoms in total. The lowest BCUT2D eigenvalue weighted by Gasteiger charge is -2.38. The van der Waals surface area contributed by atoms with E-state index in [0.717, 1.165) is 18.0 Å². The Morgan fingerprint density at radius 2 is 2.00 bits per heavy atom. The zero-order valence-electron chi connectivity index (χ0n) is 12.3. The smallest absolute Gasteiger partial charge is 0.240 e. The fraction of sp³-hybridized carbons (Fsp3) is 0.533. The molecule has 22 heavy (non-hydrogen) atoms. The van der Waals surface area contributed by atoms with E-state index in [1.165, 1.54) is 12.0 Å². The number of carbonyl (C=O) groups excluding carboxylic acids is 3. The highest BCUT2D eigenvalue weighted by Crippen LogP contribution is 2.26. The van der Waals surface area contributed by atoms with Crippen LogP contribution < -0.4 is 5.32 Å². The highest BCUT2D eigenvalue weighted by Gasteiger charge is 2.31. The Morgan fingerprint density at radius 1 is 1.27 bits per heavy atom. The predicted molar refractivity (Wildman–Crippen MR) is 82.2 cm³/mol. The highest BCUT2D eigenvalue weighted by atomic mass is 32.1. The van der Waals surface area contributed by atoms with Crippen LogP contribution in [0.25, 0.3) is 0 Å². The van der Waals surface area contributed by atoms with E-state index in [9.17, 15) is 14.4 Å². The van der Waals surface area contributed by atoms with Crippen molar-refractivity contribution in [3.8, 4) is 0 Å². The van der Waals surface area contributed by atoms with Gasteiger partial charge in [-0.2, -0.15) is 11.3 Å². The van der Waals surface area contributed by atoms with Crippen LogP contribution in [0.3, 0.4) is 0 Å². The van der Waals surface area contributed by atoms with Crippen LogP contribution in [0.2, 0.25) is 0 Å². The van der Waals surface area contributed by atoms with E-state index in [4.69, 9.17) is 0 Å². The second-order valence-corrected chi connectivity index (χ2v) is 6.42. The zero-order valence-corrected chi connectivity index (χ0v) is 13.1. The molecule has 2 fully saturated rings. The van der Waals surface area contributed by atoms with Crippen LogP contribution >= 0.6 is 11.3 Å². The van der Waals surface area contributed by atoms with Crippen LogP contribution in [-0.2, 0) is 14.4 Å². The van der Waals surface area contributed by atoms with Crippen molar-refractivity contribution >= 4 is 29.1 Å². The molecule has 3 amide bonds. The Balaban J connectivity index is 1.54. The average molecular weight is 321 g/mol. The number of hydrogen-bond donors (Lipinski definition) is 1. The van der Waals surface area contributed by atoms with Gasteiger partial charge in [0.25, 0.3) is 0 Å². The number of amides is 3. The Kier molecular flexibility index (Phi) is 4.54. The van der Waals surface area contributed by atoms with E-state index in [-0.39, 0.29) is 43.1 Å². The molecular weight excluding hydrogens is 302 g/mol. The fourth-order valence-electron chi connectivity index (χ4n) is 2.78. The second-order valence-electron chi connectivity index (χ2n) is 5.64. The van der Waals surface area contributed by atoms with Crippen molar-refractivity contribution < 1.29 is 14.4 Å². The van der Waals surface area contributed by atoms with Crippen LogP contribution in [0.4, 0.5) is 0 Å². The first-order valence-electron chi connectivity index (χ1n) is 7.51. The largest absolute Gasteiger partial charge is 0.353 e. The predicted octanol–water partition coefficient (Wildman–Crippen LogP) is 0.760. The van der Waals surface area contributed by atoms with Crippen LogP contribution in [0.5, 0.6) is 0 Å². The van der Waals surface area contributed by atoms with Gasteiger partial charge in [0.1, 0.15) is 6.54 Å². The van der Waals surface area contributed by atoms with Gasteiger partial charge in [-0.05, 0) is 28.8 Å². The molecular formula is C15H19N3O3S. The summed E-state index contributed by atoms with van der Waals surface area (Å²) in [6.07, 6.45) is 1.63. The maximum absolute atomic E-state index is 12.0. The molecule has 1 atom stereocenters. The lowest BCUT2D eigenvalue weighted by atomic mass is 10.0. The molecule has 118 valence electrons. The number of imide groups is 1. The Hall–Kier alpha value is -1.73. The molecule has 1 N–H and O–H groups in total. The van der Waals surface area contributed by atoms with E-state index in [0.29, 0.717) is 6.54 Å². The molecule has 7 heteroatoms. The zero-order chi connectivity index (χ0) is 15.5. The third kappa shape index (κ3) is 3.20.